The van der Waals surface area contributed by atoms with Crippen LogP contribution in [-0.4, -0.2) is 21.6 Å². The molecule has 4 nitrogen and oxygen atoms in total. The average molecular weight is 648 g/mol. The van der Waals surface area contributed by atoms with Gasteiger partial charge in [0.25, 0.3) is 0 Å². The molecule has 0 saturated carbocycles. The lowest BCUT2D eigenvalue weighted by Crippen LogP contribution is -2.11. The van der Waals surface area contributed by atoms with E-state index in [1.54, 1.807) is 0 Å². The highest BCUT2D eigenvalue weighted by molar-refractivity contribution is 7.79. The van der Waals surface area contributed by atoms with Crippen molar-refractivity contribution in [3.05, 3.63) is 164 Å². The molecule has 0 saturated heterocycles. The molecular formula is C44H30N3OP. The molecular weight excluding hydrogens is 617 g/mol. The van der Waals surface area contributed by atoms with Crippen LogP contribution < -0.4 is 10.6 Å². The minimum absolute atomic E-state index is 0.614. The predicted molar refractivity (Wildman–Crippen MR) is 203 cm³/mol. The minimum Gasteiger partial charge on any atom is -0.314 e. The summed E-state index contributed by atoms with van der Waals surface area (Å²) < 4.78 is 14.6. The molecule has 1 atom stereocenters. The summed E-state index contributed by atoms with van der Waals surface area (Å²) in [5.41, 5.74) is 9.16. The Labute approximate surface area is 285 Å². The van der Waals surface area contributed by atoms with Crippen LogP contribution in [0.1, 0.15) is 0 Å². The first kappa shape index (κ1) is 29.2. The van der Waals surface area contributed by atoms with Crippen LogP contribution in [0.2, 0.25) is 0 Å². The van der Waals surface area contributed by atoms with Gasteiger partial charge < -0.3 is 4.57 Å². The molecule has 9 rings (SSSR count). The zero-order valence-electron chi connectivity index (χ0n) is 26.8. The molecule has 1 aliphatic rings. The van der Waals surface area contributed by atoms with Gasteiger partial charge in [0.05, 0.1) is 0 Å². The van der Waals surface area contributed by atoms with E-state index < -0.39 is 7.14 Å². The number of hydrogen-bond donors (Lipinski definition) is 0. The smallest absolute Gasteiger partial charge is 0.164 e. The van der Waals surface area contributed by atoms with Gasteiger partial charge >= 0.3 is 0 Å². The Morgan fingerprint density at radius 1 is 0.408 bits per heavy atom. The van der Waals surface area contributed by atoms with E-state index in [0.717, 1.165) is 71.5 Å². The lowest BCUT2D eigenvalue weighted by atomic mass is 9.88. The van der Waals surface area contributed by atoms with Crippen molar-refractivity contribution in [2.24, 2.45) is 0 Å². The normalized spacial score (nSPS) is 14.8. The predicted octanol–water partition coefficient (Wildman–Crippen LogP) is 10.3. The van der Waals surface area contributed by atoms with Crippen molar-refractivity contribution in [2.45, 2.75) is 0 Å². The lowest BCUT2D eigenvalue weighted by molar-refractivity contribution is 0.591. The molecule has 1 aromatic heterocycles. The first-order chi connectivity index (χ1) is 24.1. The van der Waals surface area contributed by atoms with E-state index in [9.17, 15) is 4.57 Å². The number of hydrogen-bond acceptors (Lipinski definition) is 4. The minimum atomic E-state index is -2.83. The molecule has 5 heteroatoms. The van der Waals surface area contributed by atoms with E-state index in [0.29, 0.717) is 17.5 Å². The maximum atomic E-state index is 14.6. The van der Waals surface area contributed by atoms with Gasteiger partial charge in [0.1, 0.15) is 7.14 Å². The second kappa shape index (κ2) is 11.6. The van der Waals surface area contributed by atoms with Crippen molar-refractivity contribution >= 4 is 28.5 Å². The summed E-state index contributed by atoms with van der Waals surface area (Å²) in [5.74, 6) is 1.88. The van der Waals surface area contributed by atoms with Crippen LogP contribution in [0, 0.1) is 0 Å². The molecule has 0 fully saturated rings. The van der Waals surface area contributed by atoms with Gasteiger partial charge in [0, 0.05) is 27.3 Å². The SMILES string of the molecule is CP1(=O)c2ccccc2-c2cccc(-c3ccc4ccccc4c3-c3ccc(-c4nc(-c5ccccc5)nc(-c5ccccc5)n4)cc3)c21. The zero-order valence-corrected chi connectivity index (χ0v) is 27.7. The number of fused-ring (bicyclic) bond motifs is 4. The van der Waals surface area contributed by atoms with E-state index in [-0.39, 0.29) is 0 Å². The molecule has 7 aromatic carbocycles. The zero-order chi connectivity index (χ0) is 33.0. The summed E-state index contributed by atoms with van der Waals surface area (Å²) >= 11 is 0. The van der Waals surface area contributed by atoms with E-state index in [4.69, 9.17) is 15.0 Å². The summed E-state index contributed by atoms with van der Waals surface area (Å²) in [7, 11) is -2.83. The van der Waals surface area contributed by atoms with Crippen LogP contribution in [0.3, 0.4) is 0 Å². The van der Waals surface area contributed by atoms with Gasteiger partial charge in [-0.05, 0) is 50.8 Å². The Hall–Kier alpha value is -5.96. The lowest BCUT2D eigenvalue weighted by Gasteiger charge is -2.19. The number of nitrogens with zero attached hydrogens (tertiary/aromatic N) is 3. The highest BCUT2D eigenvalue weighted by Gasteiger charge is 2.37. The molecule has 1 aliphatic heterocycles. The van der Waals surface area contributed by atoms with Crippen LogP contribution in [0.5, 0.6) is 0 Å². The fraction of sp³-hybridized carbons (Fsp3) is 0.0227. The van der Waals surface area contributed by atoms with E-state index >= 15 is 0 Å². The molecule has 0 N–H and O–H groups in total. The third kappa shape index (κ3) is 4.92. The van der Waals surface area contributed by atoms with Gasteiger partial charge in [0.15, 0.2) is 17.5 Å². The molecule has 1 unspecified atom stereocenters. The standard InChI is InChI=1S/C44H30N3OP/c1-49(48)39-22-11-10-19-35(39)37-20-12-21-38(41(37)49)36-28-27-29-13-8-9-18-34(29)40(36)30-23-25-33(26-24-30)44-46-42(31-14-4-2-5-15-31)45-43(47-44)32-16-6-3-7-17-32/h2-28H,1H3. The van der Waals surface area contributed by atoms with Crippen molar-refractivity contribution in [3.63, 3.8) is 0 Å². The van der Waals surface area contributed by atoms with Crippen LogP contribution in [0.25, 0.3) is 78.3 Å². The van der Waals surface area contributed by atoms with Crippen LogP contribution in [0.4, 0.5) is 0 Å². The second-order valence-corrected chi connectivity index (χ2v) is 15.2. The Kier molecular flexibility index (Phi) is 6.93. The fourth-order valence-electron chi connectivity index (χ4n) is 7.16. The summed E-state index contributed by atoms with van der Waals surface area (Å²) in [4.78, 5) is 14.7. The molecule has 232 valence electrons. The number of aromatic nitrogens is 3. The largest absolute Gasteiger partial charge is 0.314 e. The van der Waals surface area contributed by atoms with Crippen LogP contribution in [0.15, 0.2) is 164 Å². The highest BCUT2D eigenvalue weighted by Crippen LogP contribution is 2.53. The van der Waals surface area contributed by atoms with Crippen LogP contribution >= 0.6 is 7.14 Å². The quantitative estimate of drug-likeness (QED) is 0.175. The molecule has 0 radical (unpaired) electrons. The number of benzene rings is 7. The monoisotopic (exact) mass is 647 g/mol. The first-order valence-electron chi connectivity index (χ1n) is 16.4. The molecule has 8 aromatic rings. The van der Waals surface area contributed by atoms with Crippen molar-refractivity contribution in [2.75, 3.05) is 6.66 Å². The van der Waals surface area contributed by atoms with Gasteiger partial charge in [-0.2, -0.15) is 0 Å². The first-order valence-corrected chi connectivity index (χ1v) is 18.5. The Bertz CT molecular complexity index is 2520. The van der Waals surface area contributed by atoms with E-state index in [1.165, 1.54) is 0 Å². The third-order valence-electron chi connectivity index (χ3n) is 9.47. The average Bonchev–Trinajstić information content (AvgIpc) is 3.41. The van der Waals surface area contributed by atoms with Crippen molar-refractivity contribution < 1.29 is 4.57 Å². The summed E-state index contributed by atoms with van der Waals surface area (Å²) in [6.07, 6.45) is 0. The second-order valence-electron chi connectivity index (χ2n) is 12.5. The van der Waals surface area contributed by atoms with E-state index in [1.807, 2.05) is 85.5 Å². The molecule has 49 heavy (non-hydrogen) atoms. The van der Waals surface area contributed by atoms with Crippen molar-refractivity contribution in [1.29, 1.82) is 0 Å². The summed E-state index contributed by atoms with van der Waals surface area (Å²) in [6.45, 7) is 1.92. The van der Waals surface area contributed by atoms with E-state index in [2.05, 4.69) is 84.9 Å². The maximum absolute atomic E-state index is 14.6. The summed E-state index contributed by atoms with van der Waals surface area (Å²) in [6, 6.07) is 55.8. The Morgan fingerprint density at radius 2 is 0.898 bits per heavy atom. The third-order valence-corrected chi connectivity index (χ3v) is 12.1. The van der Waals surface area contributed by atoms with Crippen LogP contribution in [-0.2, 0) is 4.57 Å². The molecule has 0 spiro atoms. The van der Waals surface area contributed by atoms with Crippen molar-refractivity contribution in [1.82, 2.24) is 15.0 Å². The Morgan fingerprint density at radius 3 is 1.55 bits per heavy atom. The number of rotatable bonds is 5. The van der Waals surface area contributed by atoms with Gasteiger partial charge in [0.2, 0.25) is 0 Å². The molecule has 0 bridgehead atoms. The molecule has 2 heterocycles. The molecule has 0 amide bonds. The fourth-order valence-corrected chi connectivity index (χ4v) is 9.74. The van der Waals surface area contributed by atoms with Gasteiger partial charge in [-0.15, -0.1) is 0 Å². The van der Waals surface area contributed by atoms with Gasteiger partial charge in [-0.3, -0.25) is 0 Å². The highest BCUT2D eigenvalue weighted by atomic mass is 31.2. The van der Waals surface area contributed by atoms with Crippen molar-refractivity contribution in [3.8, 4) is 67.5 Å². The molecule has 0 aliphatic carbocycles. The maximum Gasteiger partial charge on any atom is 0.164 e. The summed E-state index contributed by atoms with van der Waals surface area (Å²) in [5, 5.41) is 4.17. The Balaban J connectivity index is 1.21. The topological polar surface area (TPSA) is 55.7 Å². The van der Waals surface area contributed by atoms with Gasteiger partial charge in [-0.1, -0.05) is 164 Å². The van der Waals surface area contributed by atoms with Gasteiger partial charge in [-0.25, -0.2) is 15.0 Å².